The van der Waals surface area contributed by atoms with Crippen molar-refractivity contribution in [1.82, 2.24) is 0 Å². The first-order valence-corrected chi connectivity index (χ1v) is 16.3. The zero-order chi connectivity index (χ0) is 37.1. The number of ether oxygens (including phenoxy) is 5. The van der Waals surface area contributed by atoms with Crippen LogP contribution in [-0.2, 0) is 19.1 Å². The number of hydroxylamine groups is 3. The minimum Gasteiger partial charge on any atom is -0.493 e. The SMILES string of the molecule is CCC(=O)OCCOC(=O)C(C)(C)CC(C)(C)COc1ccc(C(=O)Oc2ccc(OC(=O)c3ccc(O[N+](C)(C)CO)cc3)c(C)c2)cc1. The maximum absolute atomic E-state index is 12.9. The molecule has 0 atom stereocenters. The van der Waals surface area contributed by atoms with Gasteiger partial charge in [-0.1, -0.05) is 20.8 Å². The number of nitrogens with zero attached hydrogens (tertiary/aromatic N) is 1. The molecule has 0 heterocycles. The van der Waals surface area contributed by atoms with E-state index >= 15 is 0 Å². The van der Waals surface area contributed by atoms with E-state index < -0.39 is 22.8 Å². The van der Waals surface area contributed by atoms with Crippen molar-refractivity contribution in [2.24, 2.45) is 10.8 Å². The summed E-state index contributed by atoms with van der Waals surface area (Å²) in [7, 11) is 3.38. The van der Waals surface area contributed by atoms with Crippen molar-refractivity contribution >= 4 is 23.9 Å². The molecule has 0 saturated heterocycles. The molecule has 0 bridgehead atoms. The molecular formula is C38H48NO11+. The minimum atomic E-state index is -0.797. The van der Waals surface area contributed by atoms with E-state index in [1.165, 1.54) is 6.07 Å². The smallest absolute Gasteiger partial charge is 0.343 e. The van der Waals surface area contributed by atoms with Crippen LogP contribution in [0.15, 0.2) is 66.7 Å². The Morgan fingerprint density at radius 3 is 1.84 bits per heavy atom. The number of carbonyl (C=O) groups is 4. The lowest BCUT2D eigenvalue weighted by Gasteiger charge is -2.33. The maximum Gasteiger partial charge on any atom is 0.343 e. The van der Waals surface area contributed by atoms with Crippen LogP contribution in [0.25, 0.3) is 0 Å². The third-order valence-corrected chi connectivity index (χ3v) is 7.40. The van der Waals surface area contributed by atoms with Gasteiger partial charge in [-0.25, -0.2) is 9.59 Å². The summed E-state index contributed by atoms with van der Waals surface area (Å²) in [4.78, 5) is 55.1. The summed E-state index contributed by atoms with van der Waals surface area (Å²) < 4.78 is 27.3. The van der Waals surface area contributed by atoms with E-state index in [0.717, 1.165) is 0 Å². The van der Waals surface area contributed by atoms with E-state index in [2.05, 4.69) is 0 Å². The van der Waals surface area contributed by atoms with Crippen LogP contribution in [0.1, 0.15) is 73.7 Å². The summed E-state index contributed by atoms with van der Waals surface area (Å²) in [5, 5.41) is 9.36. The molecular weight excluding hydrogens is 646 g/mol. The molecule has 0 aliphatic carbocycles. The monoisotopic (exact) mass is 694 g/mol. The lowest BCUT2D eigenvalue weighted by molar-refractivity contribution is -1.06. The van der Waals surface area contributed by atoms with Gasteiger partial charge in [-0.3, -0.25) is 9.59 Å². The van der Waals surface area contributed by atoms with Gasteiger partial charge >= 0.3 is 23.9 Å². The van der Waals surface area contributed by atoms with Gasteiger partial charge in [0.25, 0.3) is 0 Å². The van der Waals surface area contributed by atoms with Gasteiger partial charge in [-0.05, 0) is 105 Å². The summed E-state index contributed by atoms with van der Waals surface area (Å²) in [6.07, 6.45) is 0.737. The Hall–Kier alpha value is -4.94. The third-order valence-electron chi connectivity index (χ3n) is 7.40. The Balaban J connectivity index is 1.50. The quantitative estimate of drug-likeness (QED) is 0.0439. The summed E-state index contributed by atoms with van der Waals surface area (Å²) in [6.45, 7) is 11.1. The first kappa shape index (κ1) is 39.5. The Morgan fingerprint density at radius 1 is 0.740 bits per heavy atom. The van der Waals surface area contributed by atoms with Crippen LogP contribution in [0.4, 0.5) is 0 Å². The van der Waals surface area contributed by atoms with E-state index in [-0.39, 0.29) is 48.7 Å². The minimum absolute atomic E-state index is 0.000991. The number of hydrogen-bond donors (Lipinski definition) is 1. The van der Waals surface area contributed by atoms with Gasteiger partial charge in [-0.15, -0.1) is 4.65 Å². The van der Waals surface area contributed by atoms with Crippen molar-refractivity contribution in [2.45, 2.75) is 54.4 Å². The topological polar surface area (TPSA) is 144 Å². The largest absolute Gasteiger partial charge is 0.493 e. The molecule has 0 fully saturated rings. The van der Waals surface area contributed by atoms with E-state index in [1.54, 1.807) is 102 Å². The molecule has 12 nitrogen and oxygen atoms in total. The number of benzene rings is 3. The zero-order valence-corrected chi connectivity index (χ0v) is 30.1. The second kappa shape index (κ2) is 17.1. The van der Waals surface area contributed by atoms with Crippen molar-refractivity contribution in [1.29, 1.82) is 0 Å². The summed E-state index contributed by atoms with van der Waals surface area (Å²) in [5.74, 6) is -0.251. The number of quaternary nitrogens is 1. The second-order valence-corrected chi connectivity index (χ2v) is 13.8. The van der Waals surface area contributed by atoms with E-state index in [9.17, 15) is 24.3 Å². The fourth-order valence-corrected chi connectivity index (χ4v) is 4.96. The molecule has 50 heavy (non-hydrogen) atoms. The van der Waals surface area contributed by atoms with Gasteiger partial charge in [0.05, 0.1) is 23.1 Å². The Kier molecular flexibility index (Phi) is 13.5. The fraction of sp³-hybridized carbons (Fsp3) is 0.421. The van der Waals surface area contributed by atoms with Crippen LogP contribution in [0.2, 0.25) is 0 Å². The Labute approximate surface area is 293 Å². The Bertz CT molecular complexity index is 1630. The van der Waals surface area contributed by atoms with E-state index in [0.29, 0.717) is 47.0 Å². The number of hydrogen-bond acceptors (Lipinski definition) is 11. The lowest BCUT2D eigenvalue weighted by Crippen LogP contribution is -2.43. The number of aryl methyl sites for hydroxylation is 1. The van der Waals surface area contributed by atoms with Gasteiger partial charge in [0.2, 0.25) is 6.73 Å². The van der Waals surface area contributed by atoms with Crippen molar-refractivity contribution < 1.29 is 57.5 Å². The third kappa shape index (κ3) is 12.2. The zero-order valence-electron chi connectivity index (χ0n) is 30.1. The molecule has 0 amide bonds. The lowest BCUT2D eigenvalue weighted by atomic mass is 9.75. The number of carbonyl (C=O) groups excluding carboxylic acids is 4. The first-order chi connectivity index (χ1) is 23.4. The molecule has 3 aromatic carbocycles. The molecule has 0 aromatic heterocycles. The maximum atomic E-state index is 12.9. The highest BCUT2D eigenvalue weighted by Gasteiger charge is 2.36. The van der Waals surface area contributed by atoms with Crippen LogP contribution in [-0.4, -0.2) is 74.3 Å². The van der Waals surface area contributed by atoms with Gasteiger partial charge in [0, 0.05) is 6.42 Å². The average Bonchev–Trinajstić information content (AvgIpc) is 3.06. The highest BCUT2D eigenvalue weighted by molar-refractivity contribution is 5.92. The summed E-state index contributed by atoms with van der Waals surface area (Å²) >= 11 is 0. The van der Waals surface area contributed by atoms with E-state index in [4.69, 9.17) is 28.5 Å². The molecule has 1 N–H and O–H groups in total. The van der Waals surface area contributed by atoms with Crippen LogP contribution in [0.5, 0.6) is 23.0 Å². The predicted octanol–water partition coefficient (Wildman–Crippen LogP) is 6.07. The molecule has 0 aliphatic heterocycles. The van der Waals surface area contributed by atoms with Crippen molar-refractivity contribution in [3.05, 3.63) is 83.4 Å². The van der Waals surface area contributed by atoms with Gasteiger partial charge in [0.15, 0.2) is 5.75 Å². The van der Waals surface area contributed by atoms with Crippen LogP contribution in [0, 0.1) is 17.8 Å². The standard InChI is InChI=1S/C38H48NO11/c1-9-33(41)45-20-21-46-36(44)38(5,6)23-37(3,4)24-47-29-14-10-27(11-15-29)34(42)48-31-18-19-32(26(2)22-31)49-35(43)28-12-16-30(17-13-28)50-39(7,8)25-40/h10-19,22,40H,9,20-21,23-25H2,1-8H3/q+1. The van der Waals surface area contributed by atoms with Gasteiger partial charge < -0.3 is 33.6 Å². The highest BCUT2D eigenvalue weighted by atomic mass is 16.7. The van der Waals surface area contributed by atoms with Crippen LogP contribution >= 0.6 is 0 Å². The molecule has 12 heteroatoms. The number of aliphatic hydroxyl groups excluding tert-OH is 1. The van der Waals surface area contributed by atoms with Crippen molar-refractivity contribution in [2.75, 3.05) is 40.6 Å². The molecule has 0 unspecified atom stereocenters. The highest BCUT2D eigenvalue weighted by Crippen LogP contribution is 2.35. The van der Waals surface area contributed by atoms with Crippen molar-refractivity contribution in [3.63, 3.8) is 0 Å². The van der Waals surface area contributed by atoms with Crippen molar-refractivity contribution in [3.8, 4) is 23.0 Å². The molecule has 0 spiro atoms. The molecule has 3 rings (SSSR count). The predicted molar refractivity (Wildman–Crippen MR) is 184 cm³/mol. The van der Waals surface area contributed by atoms with Gasteiger partial charge in [-0.2, -0.15) is 0 Å². The molecule has 3 aromatic rings. The van der Waals surface area contributed by atoms with Gasteiger partial charge in [0.1, 0.15) is 44.6 Å². The first-order valence-electron chi connectivity index (χ1n) is 16.3. The summed E-state index contributed by atoms with van der Waals surface area (Å²) in [5.41, 5.74) is 0.0158. The number of rotatable bonds is 17. The molecule has 270 valence electrons. The number of aliphatic hydroxyl groups is 1. The summed E-state index contributed by atoms with van der Waals surface area (Å²) in [6, 6.07) is 17.6. The van der Waals surface area contributed by atoms with Crippen LogP contribution in [0.3, 0.4) is 0 Å². The van der Waals surface area contributed by atoms with E-state index in [1.807, 2.05) is 13.8 Å². The molecule has 0 saturated carbocycles. The number of esters is 4. The normalized spacial score (nSPS) is 11.7. The molecule has 0 radical (unpaired) electrons. The second-order valence-electron chi connectivity index (χ2n) is 13.8. The fourth-order valence-electron chi connectivity index (χ4n) is 4.96. The Morgan fingerprint density at radius 2 is 1.28 bits per heavy atom. The average molecular weight is 695 g/mol. The molecule has 0 aliphatic rings. The van der Waals surface area contributed by atoms with Crippen LogP contribution < -0.4 is 19.0 Å².